The Morgan fingerprint density at radius 2 is 1.67 bits per heavy atom. The molecule has 0 saturated heterocycles. The minimum atomic E-state index is -0.644. The normalized spacial score (nSPS) is 12.4. The van der Waals surface area contributed by atoms with Gasteiger partial charge >= 0.3 is 0 Å². The summed E-state index contributed by atoms with van der Waals surface area (Å²) in [4.78, 5) is 0. The Morgan fingerprint density at radius 3 is 2.29 bits per heavy atom. The van der Waals surface area contributed by atoms with Crippen LogP contribution in [0, 0.1) is 17.5 Å². The molecular formula is C18H16F3N3. The van der Waals surface area contributed by atoms with Crippen molar-refractivity contribution in [1.82, 2.24) is 9.78 Å². The van der Waals surface area contributed by atoms with Crippen molar-refractivity contribution in [2.75, 3.05) is 6.54 Å². The van der Waals surface area contributed by atoms with Crippen LogP contribution in [0.1, 0.15) is 17.2 Å². The number of aromatic nitrogens is 2. The molecule has 124 valence electrons. The van der Waals surface area contributed by atoms with Gasteiger partial charge in [0.05, 0.1) is 5.69 Å². The summed E-state index contributed by atoms with van der Waals surface area (Å²) >= 11 is 0. The van der Waals surface area contributed by atoms with Crippen LogP contribution < -0.4 is 5.73 Å². The zero-order valence-electron chi connectivity index (χ0n) is 13.0. The maximum atomic E-state index is 14.1. The number of nitrogens with two attached hydrogens (primary N) is 1. The zero-order valence-corrected chi connectivity index (χ0v) is 13.0. The fraction of sp³-hybridized carbons (Fsp3) is 0.167. The molecule has 1 aromatic heterocycles. The average Bonchev–Trinajstić information content (AvgIpc) is 2.93. The van der Waals surface area contributed by atoms with Crippen molar-refractivity contribution in [3.8, 4) is 11.3 Å². The van der Waals surface area contributed by atoms with Gasteiger partial charge in [-0.15, -0.1) is 0 Å². The number of rotatable bonds is 4. The summed E-state index contributed by atoms with van der Waals surface area (Å²) in [6.45, 7) is 0.144. The average molecular weight is 331 g/mol. The number of aryl methyl sites for hydroxylation is 1. The van der Waals surface area contributed by atoms with Gasteiger partial charge < -0.3 is 5.73 Å². The second-order valence-electron chi connectivity index (χ2n) is 5.54. The highest BCUT2D eigenvalue weighted by Crippen LogP contribution is 2.29. The quantitative estimate of drug-likeness (QED) is 0.794. The van der Waals surface area contributed by atoms with Crippen LogP contribution in [-0.4, -0.2) is 16.3 Å². The molecule has 0 aliphatic rings. The molecule has 0 fully saturated rings. The Hall–Kier alpha value is -2.60. The lowest BCUT2D eigenvalue weighted by Gasteiger charge is -2.16. The Morgan fingerprint density at radius 1 is 1.00 bits per heavy atom. The molecule has 1 atom stereocenters. The molecule has 24 heavy (non-hydrogen) atoms. The second-order valence-corrected chi connectivity index (χ2v) is 5.54. The predicted molar refractivity (Wildman–Crippen MR) is 85.9 cm³/mol. The molecule has 3 nitrogen and oxygen atoms in total. The van der Waals surface area contributed by atoms with E-state index < -0.39 is 17.6 Å². The van der Waals surface area contributed by atoms with Crippen molar-refractivity contribution < 1.29 is 13.2 Å². The van der Waals surface area contributed by atoms with Gasteiger partial charge in [0.25, 0.3) is 0 Å². The highest BCUT2D eigenvalue weighted by Gasteiger charge is 2.21. The monoisotopic (exact) mass is 331 g/mol. The fourth-order valence-electron chi connectivity index (χ4n) is 2.76. The molecule has 0 bridgehead atoms. The van der Waals surface area contributed by atoms with Crippen LogP contribution in [0.2, 0.25) is 0 Å². The van der Waals surface area contributed by atoms with E-state index in [-0.39, 0.29) is 12.4 Å². The maximum absolute atomic E-state index is 14.1. The molecule has 2 aromatic carbocycles. The third kappa shape index (κ3) is 3.05. The van der Waals surface area contributed by atoms with Crippen molar-refractivity contribution >= 4 is 0 Å². The predicted octanol–water partition coefficient (Wildman–Crippen LogP) is 3.60. The van der Waals surface area contributed by atoms with E-state index in [1.165, 1.54) is 24.3 Å². The summed E-state index contributed by atoms with van der Waals surface area (Å²) in [5, 5.41) is 4.39. The lowest BCUT2D eigenvalue weighted by molar-refractivity contribution is 0.557. The van der Waals surface area contributed by atoms with Gasteiger partial charge in [0, 0.05) is 36.8 Å². The third-order valence-electron chi connectivity index (χ3n) is 3.99. The largest absolute Gasteiger partial charge is 0.329 e. The minimum Gasteiger partial charge on any atom is -0.329 e. The highest BCUT2D eigenvalue weighted by atomic mass is 19.1. The number of hydrogen-bond acceptors (Lipinski definition) is 2. The molecule has 0 spiro atoms. The molecule has 0 saturated carbocycles. The SMILES string of the molecule is Cn1nc(-c2ccc(F)cc2)cc1C(CN)c1ccc(F)cc1F. The summed E-state index contributed by atoms with van der Waals surface area (Å²) in [5.74, 6) is -2.07. The first-order valence-corrected chi connectivity index (χ1v) is 7.44. The second kappa shape index (κ2) is 6.49. The van der Waals surface area contributed by atoms with Gasteiger partial charge in [0.15, 0.2) is 0 Å². The Bertz CT molecular complexity index is 856. The van der Waals surface area contributed by atoms with E-state index in [9.17, 15) is 13.2 Å². The van der Waals surface area contributed by atoms with Gasteiger partial charge in [0.2, 0.25) is 0 Å². The molecule has 0 aliphatic carbocycles. The highest BCUT2D eigenvalue weighted by molar-refractivity contribution is 5.59. The van der Waals surface area contributed by atoms with E-state index in [1.54, 1.807) is 29.9 Å². The number of halogens is 3. The van der Waals surface area contributed by atoms with Crippen LogP contribution in [0.4, 0.5) is 13.2 Å². The van der Waals surface area contributed by atoms with Crippen molar-refractivity contribution in [1.29, 1.82) is 0 Å². The Balaban J connectivity index is 2.02. The summed E-state index contributed by atoms with van der Waals surface area (Å²) in [6.07, 6.45) is 0. The van der Waals surface area contributed by atoms with Gasteiger partial charge in [-0.2, -0.15) is 5.10 Å². The first kappa shape index (κ1) is 16.3. The molecule has 0 aliphatic heterocycles. The first-order chi connectivity index (χ1) is 11.5. The first-order valence-electron chi connectivity index (χ1n) is 7.44. The van der Waals surface area contributed by atoms with Crippen molar-refractivity contribution in [3.05, 3.63) is 77.2 Å². The van der Waals surface area contributed by atoms with Crippen LogP contribution in [0.5, 0.6) is 0 Å². The summed E-state index contributed by atoms with van der Waals surface area (Å²) < 4.78 is 41.9. The van der Waals surface area contributed by atoms with E-state index in [2.05, 4.69) is 5.10 Å². The third-order valence-corrected chi connectivity index (χ3v) is 3.99. The molecule has 2 N–H and O–H groups in total. The number of hydrogen-bond donors (Lipinski definition) is 1. The molecule has 1 unspecified atom stereocenters. The van der Waals surface area contributed by atoms with Crippen molar-refractivity contribution in [2.24, 2.45) is 12.8 Å². The molecule has 0 amide bonds. The molecule has 0 radical (unpaired) electrons. The Kier molecular flexibility index (Phi) is 4.40. The molecule has 3 aromatic rings. The maximum Gasteiger partial charge on any atom is 0.130 e. The van der Waals surface area contributed by atoms with E-state index in [4.69, 9.17) is 5.73 Å². The van der Waals surface area contributed by atoms with Crippen LogP contribution in [0.3, 0.4) is 0 Å². The summed E-state index contributed by atoms with van der Waals surface area (Å²) in [5.41, 5.74) is 8.22. The van der Waals surface area contributed by atoms with Gasteiger partial charge in [-0.1, -0.05) is 6.07 Å². The van der Waals surface area contributed by atoms with Gasteiger partial charge in [-0.25, -0.2) is 13.2 Å². The fourth-order valence-corrected chi connectivity index (χ4v) is 2.76. The van der Waals surface area contributed by atoms with E-state index in [1.807, 2.05) is 0 Å². The van der Waals surface area contributed by atoms with Crippen LogP contribution >= 0.6 is 0 Å². The summed E-state index contributed by atoms with van der Waals surface area (Å²) in [6, 6.07) is 11.2. The Labute approximate surface area is 137 Å². The lowest BCUT2D eigenvalue weighted by Crippen LogP contribution is -2.18. The standard InChI is InChI=1S/C18H16F3N3/c1-24-18(9-17(23-24)11-2-4-12(19)5-3-11)15(10-22)14-7-6-13(20)8-16(14)21/h2-9,15H,10,22H2,1H3. The van der Waals surface area contributed by atoms with Gasteiger partial charge in [0.1, 0.15) is 17.5 Å². The van der Waals surface area contributed by atoms with Gasteiger partial charge in [-0.3, -0.25) is 4.68 Å². The van der Waals surface area contributed by atoms with E-state index in [0.29, 0.717) is 17.0 Å². The van der Waals surface area contributed by atoms with Crippen molar-refractivity contribution in [2.45, 2.75) is 5.92 Å². The molecule has 3 rings (SSSR count). The van der Waals surface area contributed by atoms with E-state index >= 15 is 0 Å². The number of nitrogens with zero attached hydrogens (tertiary/aromatic N) is 2. The number of benzene rings is 2. The molecular weight excluding hydrogens is 315 g/mol. The minimum absolute atomic E-state index is 0.144. The van der Waals surface area contributed by atoms with E-state index in [0.717, 1.165) is 11.6 Å². The molecule has 1 heterocycles. The van der Waals surface area contributed by atoms with Crippen molar-refractivity contribution in [3.63, 3.8) is 0 Å². The van der Waals surface area contributed by atoms with Crippen LogP contribution in [-0.2, 0) is 7.05 Å². The topological polar surface area (TPSA) is 43.8 Å². The zero-order chi connectivity index (χ0) is 17.3. The summed E-state index contributed by atoms with van der Waals surface area (Å²) in [7, 11) is 1.73. The lowest BCUT2D eigenvalue weighted by atomic mass is 9.94. The smallest absolute Gasteiger partial charge is 0.130 e. The molecule has 6 heteroatoms. The van der Waals surface area contributed by atoms with Crippen LogP contribution in [0.25, 0.3) is 11.3 Å². The van der Waals surface area contributed by atoms with Gasteiger partial charge in [-0.05, 0) is 42.0 Å². The van der Waals surface area contributed by atoms with Crippen LogP contribution in [0.15, 0.2) is 48.5 Å².